The number of hydrogen-bond acceptors (Lipinski definition) is 2. The fraction of sp³-hybridized carbons (Fsp3) is 0.909. The molecule has 1 fully saturated rings. The Morgan fingerprint density at radius 1 is 1.54 bits per heavy atom. The van der Waals surface area contributed by atoms with Crippen molar-refractivity contribution >= 4 is 5.78 Å². The summed E-state index contributed by atoms with van der Waals surface area (Å²) in [5.74, 6) is 1.36. The lowest BCUT2D eigenvalue weighted by Crippen LogP contribution is -2.27. The molecular formula is C11H22O2. The first-order valence-corrected chi connectivity index (χ1v) is 4.78. The van der Waals surface area contributed by atoms with Crippen molar-refractivity contribution in [2.45, 2.75) is 40.5 Å². The zero-order valence-electron chi connectivity index (χ0n) is 7.92. The molecule has 0 radical (unpaired) electrons. The molecule has 1 aliphatic rings. The van der Waals surface area contributed by atoms with E-state index in [0.29, 0.717) is 24.0 Å². The molecule has 2 heteroatoms. The maximum atomic E-state index is 11.3. The third-order valence-corrected chi connectivity index (χ3v) is 3.08. The summed E-state index contributed by atoms with van der Waals surface area (Å²) in [5, 5.41) is 8.93. The van der Waals surface area contributed by atoms with Gasteiger partial charge in [0.15, 0.2) is 0 Å². The number of aliphatic hydroxyl groups is 1. The van der Waals surface area contributed by atoms with Gasteiger partial charge in [0, 0.05) is 18.9 Å². The van der Waals surface area contributed by atoms with E-state index in [2.05, 4.69) is 0 Å². The molecule has 1 unspecified atom stereocenters. The molecule has 0 bridgehead atoms. The van der Waals surface area contributed by atoms with Crippen LogP contribution in [0.25, 0.3) is 0 Å². The maximum absolute atomic E-state index is 11.3. The average molecular weight is 186 g/mol. The van der Waals surface area contributed by atoms with Crippen LogP contribution < -0.4 is 0 Å². The van der Waals surface area contributed by atoms with E-state index in [4.69, 9.17) is 5.11 Å². The van der Waals surface area contributed by atoms with Crippen LogP contribution >= 0.6 is 0 Å². The highest BCUT2D eigenvalue weighted by Crippen LogP contribution is 2.30. The lowest BCUT2D eigenvalue weighted by Gasteiger charge is -2.28. The fourth-order valence-electron chi connectivity index (χ4n) is 1.82. The third-order valence-electron chi connectivity index (χ3n) is 3.08. The molecule has 3 atom stereocenters. The quantitative estimate of drug-likeness (QED) is 0.718. The largest absolute Gasteiger partial charge is 0.396 e. The first-order valence-electron chi connectivity index (χ1n) is 4.78. The lowest BCUT2D eigenvalue weighted by molar-refractivity contribution is -0.126. The van der Waals surface area contributed by atoms with Gasteiger partial charge < -0.3 is 5.11 Å². The maximum Gasteiger partial charge on any atom is 0.135 e. The minimum atomic E-state index is 0. The third kappa shape index (κ3) is 3.11. The average Bonchev–Trinajstić information content (AvgIpc) is 2.08. The van der Waals surface area contributed by atoms with E-state index in [1.54, 1.807) is 0 Å². The zero-order valence-corrected chi connectivity index (χ0v) is 7.92. The van der Waals surface area contributed by atoms with Gasteiger partial charge in [0.2, 0.25) is 0 Å². The molecule has 78 valence electrons. The van der Waals surface area contributed by atoms with Crippen molar-refractivity contribution in [3.63, 3.8) is 0 Å². The number of hydrogen-bond donors (Lipinski definition) is 1. The van der Waals surface area contributed by atoms with Crippen molar-refractivity contribution < 1.29 is 9.90 Å². The Hall–Kier alpha value is -0.370. The van der Waals surface area contributed by atoms with E-state index in [9.17, 15) is 4.79 Å². The smallest absolute Gasteiger partial charge is 0.135 e. The molecular weight excluding hydrogens is 164 g/mol. The molecule has 0 spiro atoms. The summed E-state index contributed by atoms with van der Waals surface area (Å²) in [6.07, 6.45) is 2.80. The van der Waals surface area contributed by atoms with Crippen LogP contribution in [0, 0.1) is 17.8 Å². The van der Waals surface area contributed by atoms with Gasteiger partial charge in [-0.15, -0.1) is 0 Å². The number of rotatable bonds is 2. The van der Waals surface area contributed by atoms with E-state index < -0.39 is 0 Å². The second-order valence-corrected chi connectivity index (χ2v) is 4.07. The van der Waals surface area contributed by atoms with Crippen LogP contribution in [0.2, 0.25) is 0 Å². The van der Waals surface area contributed by atoms with Crippen LogP contribution in [0.4, 0.5) is 0 Å². The van der Waals surface area contributed by atoms with Crippen molar-refractivity contribution in [1.29, 1.82) is 0 Å². The molecule has 0 aromatic heterocycles. The molecule has 2 nitrogen and oxygen atoms in total. The number of aliphatic hydroxyl groups excluding tert-OH is 1. The van der Waals surface area contributed by atoms with Gasteiger partial charge in [-0.3, -0.25) is 4.79 Å². The molecule has 0 heterocycles. The van der Waals surface area contributed by atoms with Gasteiger partial charge in [-0.25, -0.2) is 0 Å². The van der Waals surface area contributed by atoms with Crippen LogP contribution in [-0.4, -0.2) is 17.5 Å². The second kappa shape index (κ2) is 5.38. The Morgan fingerprint density at radius 2 is 2.15 bits per heavy atom. The summed E-state index contributed by atoms with van der Waals surface area (Å²) in [6, 6.07) is 0. The highest BCUT2D eigenvalue weighted by molar-refractivity contribution is 5.81. The highest BCUT2D eigenvalue weighted by Gasteiger charge is 2.28. The summed E-state index contributed by atoms with van der Waals surface area (Å²) in [7, 11) is 0. The zero-order chi connectivity index (χ0) is 9.14. The van der Waals surface area contributed by atoms with E-state index in [0.717, 1.165) is 12.8 Å². The minimum absolute atomic E-state index is 0. The number of ketones is 1. The lowest BCUT2D eigenvalue weighted by atomic mass is 9.76. The molecule has 0 amide bonds. The van der Waals surface area contributed by atoms with Crippen LogP contribution in [0.5, 0.6) is 0 Å². The molecule has 13 heavy (non-hydrogen) atoms. The molecule has 1 rings (SSSR count). The van der Waals surface area contributed by atoms with Crippen molar-refractivity contribution in [3.05, 3.63) is 0 Å². The SMILES string of the molecule is C.C[C@H](CO)C1CC[C@H](C)C(=O)C1. The molecule has 1 saturated carbocycles. The standard InChI is InChI=1S/C10H18O2.CH4/c1-7-3-4-9(5-10(7)12)8(2)6-11;/h7-9,11H,3-6H2,1-2H3;1H4/t7-,8+,9?;/m0./s1. The van der Waals surface area contributed by atoms with Gasteiger partial charge in [-0.1, -0.05) is 21.3 Å². The molecule has 1 N–H and O–H groups in total. The van der Waals surface area contributed by atoms with E-state index in [-0.39, 0.29) is 20.0 Å². The van der Waals surface area contributed by atoms with Crippen LogP contribution in [0.3, 0.4) is 0 Å². The van der Waals surface area contributed by atoms with Crippen molar-refractivity contribution in [3.8, 4) is 0 Å². The number of carbonyl (C=O) groups excluding carboxylic acids is 1. The first-order chi connectivity index (χ1) is 5.65. The van der Waals surface area contributed by atoms with Crippen LogP contribution in [0.15, 0.2) is 0 Å². The van der Waals surface area contributed by atoms with Crippen LogP contribution in [0.1, 0.15) is 40.5 Å². The first kappa shape index (κ1) is 12.6. The summed E-state index contributed by atoms with van der Waals surface area (Å²) in [5.41, 5.74) is 0. The molecule has 1 aliphatic carbocycles. The Bertz CT molecular complexity index is 165. The molecule has 0 aliphatic heterocycles. The van der Waals surface area contributed by atoms with Gasteiger partial charge in [-0.05, 0) is 24.7 Å². The molecule has 0 aromatic carbocycles. The minimum Gasteiger partial charge on any atom is -0.396 e. The number of Topliss-reactive ketones (excluding diaryl/α,β-unsaturated/α-hetero) is 1. The van der Waals surface area contributed by atoms with E-state index in [1.165, 1.54) is 0 Å². The summed E-state index contributed by atoms with van der Waals surface area (Å²) < 4.78 is 0. The van der Waals surface area contributed by atoms with Crippen molar-refractivity contribution in [1.82, 2.24) is 0 Å². The predicted octanol–water partition coefficient (Wildman–Crippen LogP) is 2.26. The predicted molar refractivity (Wildman–Crippen MR) is 54.5 cm³/mol. The Morgan fingerprint density at radius 3 is 2.62 bits per heavy atom. The Kier molecular flexibility index (Phi) is 5.23. The van der Waals surface area contributed by atoms with Crippen molar-refractivity contribution in [2.24, 2.45) is 17.8 Å². The van der Waals surface area contributed by atoms with Gasteiger partial charge in [0.25, 0.3) is 0 Å². The molecule has 0 saturated heterocycles. The Labute approximate surface area is 81.3 Å². The fourth-order valence-corrected chi connectivity index (χ4v) is 1.82. The summed E-state index contributed by atoms with van der Waals surface area (Å²) >= 11 is 0. The summed E-state index contributed by atoms with van der Waals surface area (Å²) in [4.78, 5) is 11.3. The monoisotopic (exact) mass is 186 g/mol. The van der Waals surface area contributed by atoms with E-state index in [1.807, 2.05) is 13.8 Å². The van der Waals surface area contributed by atoms with E-state index >= 15 is 0 Å². The topological polar surface area (TPSA) is 37.3 Å². The van der Waals surface area contributed by atoms with Gasteiger partial charge >= 0.3 is 0 Å². The van der Waals surface area contributed by atoms with Gasteiger partial charge in [0.1, 0.15) is 5.78 Å². The highest BCUT2D eigenvalue weighted by atomic mass is 16.3. The summed E-state index contributed by atoms with van der Waals surface area (Å²) in [6.45, 7) is 4.24. The van der Waals surface area contributed by atoms with Crippen molar-refractivity contribution in [2.75, 3.05) is 6.61 Å². The second-order valence-electron chi connectivity index (χ2n) is 4.07. The number of carbonyl (C=O) groups is 1. The van der Waals surface area contributed by atoms with Crippen LogP contribution in [-0.2, 0) is 4.79 Å². The van der Waals surface area contributed by atoms with Gasteiger partial charge in [0.05, 0.1) is 0 Å². The normalized spacial score (nSPS) is 30.8. The Balaban J connectivity index is 0.00000144. The molecule has 0 aromatic rings. The van der Waals surface area contributed by atoms with Gasteiger partial charge in [-0.2, -0.15) is 0 Å².